The Morgan fingerprint density at radius 1 is 1.19 bits per heavy atom. The highest BCUT2D eigenvalue weighted by Gasteiger charge is 2.36. The van der Waals surface area contributed by atoms with Crippen LogP contribution in [0.25, 0.3) is 0 Å². The van der Waals surface area contributed by atoms with Crippen LogP contribution < -0.4 is 4.74 Å². The molecule has 0 N–H and O–H groups in total. The molecule has 0 saturated carbocycles. The Morgan fingerprint density at radius 3 is 2.53 bits per heavy atom. The van der Waals surface area contributed by atoms with Crippen molar-refractivity contribution in [3.63, 3.8) is 0 Å². The fourth-order valence-corrected chi connectivity index (χ4v) is 5.26. The van der Waals surface area contributed by atoms with Crippen LogP contribution in [0.5, 0.6) is 5.88 Å². The number of benzene rings is 1. The van der Waals surface area contributed by atoms with Crippen molar-refractivity contribution in [2.24, 2.45) is 0 Å². The Balaban J connectivity index is 1.57. The molecule has 0 bridgehead atoms. The minimum Gasteiger partial charge on any atom is -0.476 e. The molecule has 4 rings (SSSR count). The molecule has 32 heavy (non-hydrogen) atoms. The van der Waals surface area contributed by atoms with Crippen LogP contribution in [-0.2, 0) is 5.92 Å². The molecule has 2 unspecified atom stereocenters. The van der Waals surface area contributed by atoms with E-state index in [0.29, 0.717) is 37.9 Å². The van der Waals surface area contributed by atoms with Crippen molar-refractivity contribution in [3.05, 3.63) is 47.5 Å². The number of aromatic nitrogens is 1. The molecule has 1 aromatic heterocycles. The van der Waals surface area contributed by atoms with Gasteiger partial charge in [-0.15, -0.1) is 0 Å². The van der Waals surface area contributed by atoms with E-state index < -0.39 is 5.92 Å². The first-order chi connectivity index (χ1) is 15.3. The third-order valence-electron chi connectivity index (χ3n) is 6.03. The zero-order valence-electron chi connectivity index (χ0n) is 18.4. The van der Waals surface area contributed by atoms with E-state index in [1.165, 1.54) is 18.4 Å². The monoisotopic (exact) mass is 465 g/mol. The van der Waals surface area contributed by atoms with Crippen LogP contribution in [0, 0.1) is 0 Å². The van der Waals surface area contributed by atoms with Gasteiger partial charge in [0, 0.05) is 56.1 Å². The number of thioether (sulfide) groups is 1. The number of piperidine rings is 1. The number of amides is 2. The number of urea groups is 1. The van der Waals surface area contributed by atoms with Crippen molar-refractivity contribution < 1.29 is 22.7 Å². The molecule has 3 heterocycles. The Labute approximate surface area is 191 Å². The lowest BCUT2D eigenvalue weighted by molar-refractivity contribution is 0.0174. The number of halogens is 2. The number of ether oxygens (including phenoxy) is 1. The normalized spacial score (nSPS) is 22.1. The molecular weight excluding hydrogens is 436 g/mol. The maximum absolute atomic E-state index is 13.7. The molecule has 2 saturated heterocycles. The van der Waals surface area contributed by atoms with Crippen LogP contribution in [0.1, 0.15) is 49.1 Å². The summed E-state index contributed by atoms with van der Waals surface area (Å²) in [6.45, 7) is 5.80. The van der Waals surface area contributed by atoms with E-state index in [1.807, 2.05) is 28.5 Å². The Morgan fingerprint density at radius 2 is 1.88 bits per heavy atom. The smallest absolute Gasteiger partial charge is 0.320 e. The predicted molar refractivity (Wildman–Crippen MR) is 120 cm³/mol. The van der Waals surface area contributed by atoms with Crippen molar-refractivity contribution in [2.45, 2.75) is 38.0 Å². The third-order valence-corrected chi connectivity index (χ3v) is 6.98. The lowest BCUT2D eigenvalue weighted by Gasteiger charge is -2.40. The van der Waals surface area contributed by atoms with E-state index in [9.17, 15) is 13.6 Å². The molecule has 2 atom stereocenters. The van der Waals surface area contributed by atoms with Crippen molar-refractivity contribution >= 4 is 17.8 Å². The first-order valence-electron chi connectivity index (χ1n) is 11.0. The molecule has 0 spiro atoms. The van der Waals surface area contributed by atoms with Crippen LogP contribution in [0.2, 0.25) is 0 Å². The SMILES string of the molecule is CCOc1coc(C2CC(c3ccc(C(C)(F)F)cc3)CN(C(=O)N3CCSCC3)C2)n1. The van der Waals surface area contributed by atoms with Crippen LogP contribution in [-0.4, -0.2) is 65.1 Å². The average molecular weight is 466 g/mol. The molecule has 1 aromatic carbocycles. The first-order valence-corrected chi connectivity index (χ1v) is 12.2. The summed E-state index contributed by atoms with van der Waals surface area (Å²) in [7, 11) is 0. The minimum absolute atomic E-state index is 0.00108. The molecule has 0 radical (unpaired) electrons. The number of carbonyl (C=O) groups excluding carboxylic acids is 1. The van der Waals surface area contributed by atoms with Crippen LogP contribution in [0.4, 0.5) is 13.6 Å². The number of nitrogens with zero attached hydrogens (tertiary/aromatic N) is 3. The van der Waals surface area contributed by atoms with Gasteiger partial charge in [-0.2, -0.15) is 16.7 Å². The number of alkyl halides is 2. The van der Waals surface area contributed by atoms with E-state index in [4.69, 9.17) is 9.15 Å². The van der Waals surface area contributed by atoms with Gasteiger partial charge in [-0.3, -0.25) is 0 Å². The van der Waals surface area contributed by atoms with Gasteiger partial charge in [0.1, 0.15) is 0 Å². The van der Waals surface area contributed by atoms with Gasteiger partial charge < -0.3 is 19.0 Å². The fraction of sp³-hybridized carbons (Fsp3) is 0.565. The number of hydrogen-bond acceptors (Lipinski definition) is 5. The average Bonchev–Trinajstić information content (AvgIpc) is 3.27. The molecule has 2 fully saturated rings. The highest BCUT2D eigenvalue weighted by Crippen LogP contribution is 2.37. The molecular formula is C23H29F2N3O3S. The highest BCUT2D eigenvalue weighted by atomic mass is 32.2. The van der Waals surface area contributed by atoms with Gasteiger partial charge in [0.05, 0.1) is 12.5 Å². The van der Waals surface area contributed by atoms with Crippen molar-refractivity contribution in [3.8, 4) is 5.88 Å². The predicted octanol–water partition coefficient (Wildman–Crippen LogP) is 4.93. The molecule has 2 amide bonds. The number of likely N-dealkylation sites (tertiary alicyclic amines) is 1. The van der Waals surface area contributed by atoms with E-state index in [1.54, 1.807) is 12.1 Å². The zero-order chi connectivity index (χ0) is 22.7. The van der Waals surface area contributed by atoms with Gasteiger partial charge in [0.25, 0.3) is 11.8 Å². The van der Waals surface area contributed by atoms with Crippen molar-refractivity contribution in [2.75, 3.05) is 44.3 Å². The summed E-state index contributed by atoms with van der Waals surface area (Å²) in [5, 5.41) is 0. The second kappa shape index (κ2) is 9.68. The van der Waals surface area contributed by atoms with Gasteiger partial charge in [-0.1, -0.05) is 24.3 Å². The van der Waals surface area contributed by atoms with Gasteiger partial charge >= 0.3 is 6.03 Å². The van der Waals surface area contributed by atoms with E-state index >= 15 is 0 Å². The summed E-state index contributed by atoms with van der Waals surface area (Å²) in [5.74, 6) is -0.118. The maximum atomic E-state index is 13.7. The second-order valence-corrected chi connectivity index (χ2v) is 9.61. The molecule has 2 aromatic rings. The summed E-state index contributed by atoms with van der Waals surface area (Å²) < 4.78 is 38.4. The largest absolute Gasteiger partial charge is 0.476 e. The maximum Gasteiger partial charge on any atom is 0.320 e. The van der Waals surface area contributed by atoms with Gasteiger partial charge in [-0.05, 0) is 18.9 Å². The Hall–Kier alpha value is -2.29. The molecule has 9 heteroatoms. The number of carbonyl (C=O) groups is 1. The quantitative estimate of drug-likeness (QED) is 0.627. The Bertz CT molecular complexity index is 910. The number of hydrogen-bond donors (Lipinski definition) is 0. The second-order valence-electron chi connectivity index (χ2n) is 8.38. The molecule has 174 valence electrons. The lowest BCUT2D eigenvalue weighted by atomic mass is 9.84. The van der Waals surface area contributed by atoms with Crippen molar-refractivity contribution in [1.82, 2.24) is 14.8 Å². The van der Waals surface area contributed by atoms with E-state index in [-0.39, 0.29) is 23.4 Å². The standard InChI is InChI=1S/C23H29F2N3O3S/c1-3-30-20-15-31-21(26-20)18-12-17(16-4-6-19(7-5-16)23(2,24)25)13-28(14-18)22(29)27-8-10-32-11-9-27/h4-7,15,17-18H,3,8-14H2,1-2H3. The van der Waals surface area contributed by atoms with Gasteiger partial charge in [0.2, 0.25) is 5.89 Å². The molecule has 2 aliphatic heterocycles. The van der Waals surface area contributed by atoms with Crippen molar-refractivity contribution in [1.29, 1.82) is 0 Å². The summed E-state index contributed by atoms with van der Waals surface area (Å²) >= 11 is 1.86. The first kappa shape index (κ1) is 22.9. The summed E-state index contributed by atoms with van der Waals surface area (Å²) in [4.78, 5) is 21.5. The highest BCUT2D eigenvalue weighted by molar-refractivity contribution is 7.99. The topological polar surface area (TPSA) is 58.8 Å². The van der Waals surface area contributed by atoms with Crippen LogP contribution in [0.15, 0.2) is 34.9 Å². The Kier molecular flexibility index (Phi) is 6.93. The summed E-state index contributed by atoms with van der Waals surface area (Å²) in [6.07, 6.45) is 2.21. The molecule has 2 aliphatic rings. The van der Waals surface area contributed by atoms with Crippen LogP contribution >= 0.6 is 11.8 Å². The minimum atomic E-state index is -2.88. The lowest BCUT2D eigenvalue weighted by Crippen LogP contribution is -2.51. The number of oxazole rings is 1. The summed E-state index contributed by atoms with van der Waals surface area (Å²) in [5.41, 5.74) is 0.924. The van der Waals surface area contributed by atoms with Gasteiger partial charge in [-0.25, -0.2) is 13.6 Å². The molecule has 6 nitrogen and oxygen atoms in total. The van der Waals surface area contributed by atoms with Gasteiger partial charge in [0.15, 0.2) is 6.26 Å². The number of rotatable bonds is 5. The van der Waals surface area contributed by atoms with Crippen LogP contribution in [0.3, 0.4) is 0 Å². The zero-order valence-corrected chi connectivity index (χ0v) is 19.2. The van der Waals surface area contributed by atoms with E-state index in [0.717, 1.165) is 37.1 Å². The third kappa shape index (κ3) is 5.19. The molecule has 0 aliphatic carbocycles. The summed E-state index contributed by atoms with van der Waals surface area (Å²) in [6, 6.07) is 6.48. The fourth-order valence-electron chi connectivity index (χ4n) is 4.35. The van der Waals surface area contributed by atoms with E-state index in [2.05, 4.69) is 4.98 Å².